The van der Waals surface area contributed by atoms with Gasteiger partial charge in [0.2, 0.25) is 0 Å². The van der Waals surface area contributed by atoms with Crippen LogP contribution in [0.15, 0.2) is 6.07 Å². The van der Waals surface area contributed by atoms with Gasteiger partial charge in [0.05, 0.1) is 6.10 Å². The van der Waals surface area contributed by atoms with Crippen molar-refractivity contribution in [2.75, 3.05) is 0 Å². The summed E-state index contributed by atoms with van der Waals surface area (Å²) in [4.78, 5) is 12.2. The molecule has 2 saturated carbocycles. The van der Waals surface area contributed by atoms with Gasteiger partial charge in [0.25, 0.3) is 5.91 Å². The van der Waals surface area contributed by atoms with Crippen LogP contribution in [0.5, 0.6) is 0 Å². The van der Waals surface area contributed by atoms with Gasteiger partial charge in [-0.2, -0.15) is 5.10 Å². The molecule has 2 aliphatic carbocycles. The molecule has 0 saturated heterocycles. The maximum atomic E-state index is 12.2. The number of amides is 1. The molecule has 1 amide bonds. The molecule has 1 aromatic rings. The summed E-state index contributed by atoms with van der Waals surface area (Å²) in [6.07, 6.45) is 9.34. The largest absolute Gasteiger partial charge is 0.393 e. The normalized spacial score (nSPS) is 27.5. The zero-order chi connectivity index (χ0) is 14.7. The zero-order valence-corrected chi connectivity index (χ0v) is 12.5. The van der Waals surface area contributed by atoms with Gasteiger partial charge in [-0.25, -0.2) is 0 Å². The van der Waals surface area contributed by atoms with Gasteiger partial charge >= 0.3 is 0 Å². The third kappa shape index (κ3) is 3.64. The lowest BCUT2D eigenvalue weighted by Crippen LogP contribution is -2.38. The Morgan fingerprint density at radius 3 is 2.57 bits per heavy atom. The van der Waals surface area contributed by atoms with Crippen LogP contribution >= 0.6 is 0 Å². The molecular weight excluding hydrogens is 266 g/mol. The molecule has 0 aliphatic heterocycles. The highest BCUT2D eigenvalue weighted by atomic mass is 16.3. The maximum absolute atomic E-state index is 12.2. The molecule has 0 radical (unpaired) electrons. The fourth-order valence-corrected chi connectivity index (χ4v) is 3.56. The van der Waals surface area contributed by atoms with Gasteiger partial charge < -0.3 is 10.4 Å². The summed E-state index contributed by atoms with van der Waals surface area (Å²) in [5, 5.41) is 19.8. The molecule has 3 rings (SSSR count). The van der Waals surface area contributed by atoms with Crippen molar-refractivity contribution >= 4 is 5.91 Å². The molecule has 0 atom stereocenters. The molecule has 1 aromatic heterocycles. The molecule has 5 heteroatoms. The second-order valence-corrected chi connectivity index (χ2v) is 6.52. The molecule has 2 aliphatic rings. The van der Waals surface area contributed by atoms with Crippen molar-refractivity contribution < 1.29 is 9.90 Å². The van der Waals surface area contributed by atoms with E-state index in [0.717, 1.165) is 31.4 Å². The molecule has 0 spiro atoms. The molecule has 1 heterocycles. The van der Waals surface area contributed by atoms with Crippen LogP contribution in [0.2, 0.25) is 0 Å². The SMILES string of the molecule is O=C(NC1CCC(O)CC1)c1cc(C2CCCCC2)[nH]n1. The zero-order valence-electron chi connectivity index (χ0n) is 12.5. The predicted octanol–water partition coefficient (Wildman–Crippen LogP) is 2.49. The van der Waals surface area contributed by atoms with Crippen LogP contribution in [0.3, 0.4) is 0 Å². The number of carbonyl (C=O) groups is 1. The average molecular weight is 291 g/mol. The number of hydrogen-bond donors (Lipinski definition) is 3. The molecule has 0 unspecified atom stereocenters. The molecule has 2 fully saturated rings. The Morgan fingerprint density at radius 2 is 1.86 bits per heavy atom. The van der Waals surface area contributed by atoms with Gasteiger partial charge in [0.1, 0.15) is 5.69 Å². The van der Waals surface area contributed by atoms with E-state index >= 15 is 0 Å². The van der Waals surface area contributed by atoms with Gasteiger partial charge in [-0.1, -0.05) is 19.3 Å². The second-order valence-electron chi connectivity index (χ2n) is 6.52. The van der Waals surface area contributed by atoms with Gasteiger partial charge in [0, 0.05) is 17.7 Å². The number of rotatable bonds is 3. The molecular formula is C16H25N3O2. The van der Waals surface area contributed by atoms with E-state index in [1.54, 1.807) is 0 Å². The minimum Gasteiger partial charge on any atom is -0.393 e. The van der Waals surface area contributed by atoms with Gasteiger partial charge in [-0.15, -0.1) is 0 Å². The fourth-order valence-electron chi connectivity index (χ4n) is 3.56. The summed E-state index contributed by atoms with van der Waals surface area (Å²) >= 11 is 0. The Labute approximate surface area is 125 Å². The number of nitrogens with one attached hydrogen (secondary N) is 2. The van der Waals surface area contributed by atoms with Crippen LogP contribution in [0.4, 0.5) is 0 Å². The lowest BCUT2D eigenvalue weighted by atomic mass is 9.87. The lowest BCUT2D eigenvalue weighted by molar-refractivity contribution is 0.0863. The number of hydrogen-bond acceptors (Lipinski definition) is 3. The highest BCUT2D eigenvalue weighted by Crippen LogP contribution is 2.31. The third-order valence-corrected chi connectivity index (χ3v) is 4.91. The molecule has 116 valence electrons. The lowest BCUT2D eigenvalue weighted by Gasteiger charge is -2.25. The van der Waals surface area contributed by atoms with E-state index in [2.05, 4.69) is 15.5 Å². The van der Waals surface area contributed by atoms with Crippen LogP contribution in [0.1, 0.15) is 79.9 Å². The molecule has 21 heavy (non-hydrogen) atoms. The Morgan fingerprint density at radius 1 is 1.14 bits per heavy atom. The van der Waals surface area contributed by atoms with Gasteiger partial charge in [-0.3, -0.25) is 9.89 Å². The minimum atomic E-state index is -0.193. The van der Waals surface area contributed by atoms with E-state index in [9.17, 15) is 9.90 Å². The van der Waals surface area contributed by atoms with E-state index in [4.69, 9.17) is 0 Å². The summed E-state index contributed by atoms with van der Waals surface area (Å²) in [6.45, 7) is 0. The van der Waals surface area contributed by atoms with Gasteiger partial charge in [-0.05, 0) is 44.6 Å². The number of aliphatic hydroxyl groups excluding tert-OH is 1. The van der Waals surface area contributed by atoms with Crippen molar-refractivity contribution in [1.29, 1.82) is 0 Å². The summed E-state index contributed by atoms with van der Waals surface area (Å²) in [7, 11) is 0. The first kappa shape index (κ1) is 14.6. The molecule has 0 bridgehead atoms. The Hall–Kier alpha value is -1.36. The number of aromatic amines is 1. The van der Waals surface area contributed by atoms with Crippen LogP contribution in [0, 0.1) is 0 Å². The predicted molar refractivity (Wildman–Crippen MR) is 80.1 cm³/mol. The molecule has 3 N–H and O–H groups in total. The quantitative estimate of drug-likeness (QED) is 0.800. The molecule has 5 nitrogen and oxygen atoms in total. The summed E-state index contributed by atoms with van der Waals surface area (Å²) < 4.78 is 0. The average Bonchev–Trinajstić information content (AvgIpc) is 3.00. The van der Waals surface area contributed by atoms with E-state index in [1.165, 1.54) is 32.1 Å². The monoisotopic (exact) mass is 291 g/mol. The number of aromatic nitrogens is 2. The number of aliphatic hydroxyl groups is 1. The van der Waals surface area contributed by atoms with Crippen LogP contribution in [-0.2, 0) is 0 Å². The van der Waals surface area contributed by atoms with E-state index < -0.39 is 0 Å². The molecule has 0 aromatic carbocycles. The van der Waals surface area contributed by atoms with Crippen molar-refractivity contribution in [2.24, 2.45) is 0 Å². The van der Waals surface area contributed by atoms with Crippen LogP contribution in [-0.4, -0.2) is 33.4 Å². The Bertz CT molecular complexity index is 472. The van der Waals surface area contributed by atoms with E-state index in [-0.39, 0.29) is 18.1 Å². The third-order valence-electron chi connectivity index (χ3n) is 4.91. The van der Waals surface area contributed by atoms with E-state index in [1.807, 2.05) is 6.07 Å². The first-order chi connectivity index (χ1) is 10.2. The summed E-state index contributed by atoms with van der Waals surface area (Å²) in [6, 6.07) is 2.10. The number of nitrogens with zero attached hydrogens (tertiary/aromatic N) is 1. The highest BCUT2D eigenvalue weighted by Gasteiger charge is 2.23. The van der Waals surface area contributed by atoms with Crippen molar-refractivity contribution in [3.63, 3.8) is 0 Å². The van der Waals surface area contributed by atoms with Crippen molar-refractivity contribution in [3.8, 4) is 0 Å². The number of H-pyrrole nitrogens is 1. The highest BCUT2D eigenvalue weighted by molar-refractivity contribution is 5.92. The second kappa shape index (κ2) is 6.60. The summed E-state index contributed by atoms with van der Waals surface area (Å²) in [5.74, 6) is 0.451. The number of carbonyl (C=O) groups excluding carboxylic acids is 1. The van der Waals surface area contributed by atoms with E-state index in [0.29, 0.717) is 11.6 Å². The fraction of sp³-hybridized carbons (Fsp3) is 0.750. The van der Waals surface area contributed by atoms with Crippen LogP contribution < -0.4 is 5.32 Å². The smallest absolute Gasteiger partial charge is 0.271 e. The minimum absolute atomic E-state index is 0.0882. The first-order valence-electron chi connectivity index (χ1n) is 8.26. The standard InChI is InChI=1S/C16H25N3O2/c20-13-8-6-12(7-9-13)17-16(21)15-10-14(18-19-15)11-4-2-1-3-5-11/h10-13,20H,1-9H2,(H,17,21)(H,18,19). The topological polar surface area (TPSA) is 78.0 Å². The Kier molecular flexibility index (Phi) is 4.58. The summed E-state index contributed by atoms with van der Waals surface area (Å²) in [5.41, 5.74) is 1.61. The van der Waals surface area contributed by atoms with Gasteiger partial charge in [0.15, 0.2) is 0 Å². The van der Waals surface area contributed by atoms with Crippen LogP contribution in [0.25, 0.3) is 0 Å². The maximum Gasteiger partial charge on any atom is 0.271 e. The Balaban J connectivity index is 1.56. The van der Waals surface area contributed by atoms with Crippen molar-refractivity contribution in [2.45, 2.75) is 75.9 Å². The van der Waals surface area contributed by atoms with Crippen molar-refractivity contribution in [1.82, 2.24) is 15.5 Å². The first-order valence-corrected chi connectivity index (χ1v) is 8.26. The van der Waals surface area contributed by atoms with Crippen molar-refractivity contribution in [3.05, 3.63) is 17.5 Å².